The molecule has 3 rings (SSSR count). The van der Waals surface area contributed by atoms with Crippen molar-refractivity contribution in [3.05, 3.63) is 46.1 Å². The van der Waals surface area contributed by atoms with E-state index in [1.807, 2.05) is 13.8 Å². The second kappa shape index (κ2) is 7.38. The van der Waals surface area contributed by atoms with Gasteiger partial charge in [0, 0.05) is 12.6 Å². The number of fused-ring (bicyclic) bond motifs is 1. The number of carbonyl (C=O) groups excluding carboxylic acids is 1. The summed E-state index contributed by atoms with van der Waals surface area (Å²) in [7, 11) is 0. The average molecular weight is 344 g/mol. The highest BCUT2D eigenvalue weighted by molar-refractivity contribution is 5.96. The number of rotatable bonds is 4. The van der Waals surface area contributed by atoms with Crippen LogP contribution in [0.15, 0.2) is 29.1 Å². The quantitative estimate of drug-likeness (QED) is 0.910. The maximum atomic E-state index is 13.5. The molecule has 4 nitrogen and oxygen atoms in total. The lowest BCUT2D eigenvalue weighted by Gasteiger charge is -2.23. The summed E-state index contributed by atoms with van der Waals surface area (Å²) >= 11 is 0. The minimum atomic E-state index is -0.450. The first kappa shape index (κ1) is 17.6. The summed E-state index contributed by atoms with van der Waals surface area (Å²) in [5, 5.41) is 3.89. The Balaban J connectivity index is 1.93. The Morgan fingerprint density at radius 3 is 2.64 bits per heavy atom. The van der Waals surface area contributed by atoms with Crippen molar-refractivity contribution in [2.75, 3.05) is 6.54 Å². The maximum absolute atomic E-state index is 13.5. The Labute approximate surface area is 147 Å². The molecule has 1 aliphatic rings. The molecule has 0 bridgehead atoms. The summed E-state index contributed by atoms with van der Waals surface area (Å²) in [5.41, 5.74) is 0.0183. The van der Waals surface area contributed by atoms with Crippen LogP contribution in [0.25, 0.3) is 10.8 Å². The van der Waals surface area contributed by atoms with Crippen LogP contribution in [0.1, 0.15) is 62.5 Å². The Bertz CT molecular complexity index is 835. The molecule has 1 heterocycles. The van der Waals surface area contributed by atoms with Crippen LogP contribution in [0.4, 0.5) is 4.39 Å². The fraction of sp³-hybridized carbons (Fsp3) is 0.500. The van der Waals surface area contributed by atoms with Gasteiger partial charge in [0.15, 0.2) is 0 Å². The van der Waals surface area contributed by atoms with Crippen LogP contribution in [0.2, 0.25) is 0 Å². The third kappa shape index (κ3) is 3.75. The van der Waals surface area contributed by atoms with Crippen LogP contribution in [0.3, 0.4) is 0 Å². The molecule has 0 saturated heterocycles. The summed E-state index contributed by atoms with van der Waals surface area (Å²) < 4.78 is 15.0. The summed E-state index contributed by atoms with van der Waals surface area (Å²) in [6.07, 6.45) is 6.01. The molecule has 0 spiro atoms. The minimum absolute atomic E-state index is 0.185. The Kier molecular flexibility index (Phi) is 5.21. The van der Waals surface area contributed by atoms with Crippen molar-refractivity contribution in [1.29, 1.82) is 0 Å². The van der Waals surface area contributed by atoms with Crippen LogP contribution in [0.5, 0.6) is 0 Å². The predicted molar refractivity (Wildman–Crippen MR) is 97.5 cm³/mol. The molecule has 1 aromatic carbocycles. The molecule has 25 heavy (non-hydrogen) atoms. The zero-order valence-electron chi connectivity index (χ0n) is 14.8. The normalized spacial score (nSPS) is 15.7. The topological polar surface area (TPSA) is 51.1 Å². The average Bonchev–Trinajstić information content (AvgIpc) is 2.60. The number of hydrogen-bond donors (Lipinski definition) is 1. The zero-order valence-corrected chi connectivity index (χ0v) is 14.8. The van der Waals surface area contributed by atoms with Crippen LogP contribution in [-0.4, -0.2) is 17.0 Å². The molecular formula is C20H25FN2O2. The minimum Gasteiger partial charge on any atom is -0.350 e. The second-order valence-corrected chi connectivity index (χ2v) is 7.24. The number of benzene rings is 1. The number of amides is 1. The molecule has 134 valence electrons. The first-order valence-corrected chi connectivity index (χ1v) is 9.10. The lowest BCUT2D eigenvalue weighted by atomic mass is 9.89. The van der Waals surface area contributed by atoms with E-state index in [4.69, 9.17) is 0 Å². The molecule has 1 fully saturated rings. The van der Waals surface area contributed by atoms with Gasteiger partial charge in [-0.3, -0.25) is 9.59 Å². The Morgan fingerprint density at radius 2 is 1.96 bits per heavy atom. The van der Waals surface area contributed by atoms with Crippen molar-refractivity contribution >= 4 is 16.7 Å². The molecule has 1 saturated carbocycles. The SMILES string of the molecule is CC(C)n1c(C(=O)NCC2CCCCC2)cc2ccc(F)cc2c1=O. The number of pyridine rings is 1. The Morgan fingerprint density at radius 1 is 1.24 bits per heavy atom. The number of halogens is 1. The van der Waals surface area contributed by atoms with Crippen LogP contribution >= 0.6 is 0 Å². The largest absolute Gasteiger partial charge is 0.350 e. The maximum Gasteiger partial charge on any atom is 0.268 e. The summed E-state index contributed by atoms with van der Waals surface area (Å²) in [6.45, 7) is 4.35. The van der Waals surface area contributed by atoms with E-state index >= 15 is 0 Å². The van der Waals surface area contributed by atoms with Crippen LogP contribution in [-0.2, 0) is 0 Å². The highest BCUT2D eigenvalue weighted by atomic mass is 19.1. The van der Waals surface area contributed by atoms with Gasteiger partial charge in [0.1, 0.15) is 11.5 Å². The fourth-order valence-corrected chi connectivity index (χ4v) is 3.70. The van der Waals surface area contributed by atoms with E-state index in [0.29, 0.717) is 28.9 Å². The molecular weight excluding hydrogens is 319 g/mol. The van der Waals surface area contributed by atoms with Gasteiger partial charge in [-0.2, -0.15) is 0 Å². The van der Waals surface area contributed by atoms with Crippen molar-refractivity contribution < 1.29 is 9.18 Å². The summed E-state index contributed by atoms with van der Waals surface area (Å²) in [6, 6.07) is 5.60. The number of hydrogen-bond acceptors (Lipinski definition) is 2. The van der Waals surface area contributed by atoms with Gasteiger partial charge < -0.3 is 9.88 Å². The molecule has 1 amide bonds. The monoisotopic (exact) mass is 344 g/mol. The highest BCUT2D eigenvalue weighted by Gasteiger charge is 2.20. The van der Waals surface area contributed by atoms with Crippen molar-refractivity contribution in [1.82, 2.24) is 9.88 Å². The molecule has 2 aromatic rings. The van der Waals surface area contributed by atoms with E-state index in [1.165, 1.54) is 36.0 Å². The Hall–Kier alpha value is -2.17. The molecule has 0 atom stereocenters. The number of nitrogens with one attached hydrogen (secondary N) is 1. The van der Waals surface area contributed by atoms with E-state index in [2.05, 4.69) is 5.32 Å². The standard InChI is InChI=1S/C20H25FN2O2/c1-13(2)23-18(19(24)22-12-14-6-4-3-5-7-14)10-15-8-9-16(21)11-17(15)20(23)25/h8-11,13-14H,3-7,12H2,1-2H3,(H,22,24). The summed E-state index contributed by atoms with van der Waals surface area (Å²) in [5.74, 6) is -0.163. The van der Waals surface area contributed by atoms with Gasteiger partial charge in [0.2, 0.25) is 0 Å². The lowest BCUT2D eigenvalue weighted by Crippen LogP contribution is -2.36. The highest BCUT2D eigenvalue weighted by Crippen LogP contribution is 2.23. The molecule has 0 unspecified atom stereocenters. The third-order valence-corrected chi connectivity index (χ3v) is 5.04. The van der Waals surface area contributed by atoms with E-state index < -0.39 is 5.82 Å². The van der Waals surface area contributed by atoms with E-state index in [9.17, 15) is 14.0 Å². The number of aromatic nitrogens is 1. The van der Waals surface area contributed by atoms with Gasteiger partial charge in [0.25, 0.3) is 11.5 Å². The third-order valence-electron chi connectivity index (χ3n) is 5.04. The van der Waals surface area contributed by atoms with Crippen molar-refractivity contribution in [2.24, 2.45) is 5.92 Å². The van der Waals surface area contributed by atoms with Gasteiger partial charge >= 0.3 is 0 Å². The smallest absolute Gasteiger partial charge is 0.268 e. The molecule has 1 N–H and O–H groups in total. The van der Waals surface area contributed by atoms with Gasteiger partial charge in [-0.25, -0.2) is 4.39 Å². The van der Waals surface area contributed by atoms with E-state index in [0.717, 1.165) is 12.8 Å². The molecule has 1 aromatic heterocycles. The van der Waals surface area contributed by atoms with Crippen molar-refractivity contribution in [3.8, 4) is 0 Å². The molecule has 0 radical (unpaired) electrons. The van der Waals surface area contributed by atoms with Gasteiger partial charge in [-0.1, -0.05) is 25.3 Å². The van der Waals surface area contributed by atoms with Crippen molar-refractivity contribution in [3.63, 3.8) is 0 Å². The molecule has 0 aliphatic heterocycles. The lowest BCUT2D eigenvalue weighted by molar-refractivity contribution is 0.0931. The zero-order chi connectivity index (χ0) is 18.0. The van der Waals surface area contributed by atoms with Crippen molar-refractivity contribution in [2.45, 2.75) is 52.0 Å². The number of nitrogens with zero attached hydrogens (tertiary/aromatic N) is 1. The first-order chi connectivity index (χ1) is 12.0. The van der Waals surface area contributed by atoms with Gasteiger partial charge in [-0.15, -0.1) is 0 Å². The van der Waals surface area contributed by atoms with E-state index in [-0.39, 0.29) is 17.5 Å². The molecule has 5 heteroatoms. The second-order valence-electron chi connectivity index (χ2n) is 7.24. The van der Waals surface area contributed by atoms with Crippen LogP contribution in [0, 0.1) is 11.7 Å². The van der Waals surface area contributed by atoms with Gasteiger partial charge in [-0.05, 0) is 56.2 Å². The van der Waals surface area contributed by atoms with E-state index in [1.54, 1.807) is 12.1 Å². The number of carbonyl (C=O) groups is 1. The molecule has 1 aliphatic carbocycles. The fourth-order valence-electron chi connectivity index (χ4n) is 3.70. The summed E-state index contributed by atoms with van der Waals surface area (Å²) in [4.78, 5) is 25.5. The van der Waals surface area contributed by atoms with Crippen LogP contribution < -0.4 is 10.9 Å². The van der Waals surface area contributed by atoms with Gasteiger partial charge in [0.05, 0.1) is 5.39 Å². The predicted octanol–water partition coefficient (Wildman–Crippen LogP) is 4.03. The first-order valence-electron chi connectivity index (χ1n) is 9.10.